The van der Waals surface area contributed by atoms with E-state index in [-0.39, 0.29) is 0 Å². The molecule has 2 heteroatoms. The quantitative estimate of drug-likeness (QED) is 0.822. The van der Waals surface area contributed by atoms with E-state index in [1.165, 1.54) is 29.3 Å². The zero-order valence-corrected chi connectivity index (χ0v) is 12.9. The Bertz CT molecular complexity index is 530. The van der Waals surface area contributed by atoms with E-state index < -0.39 is 0 Å². The van der Waals surface area contributed by atoms with Gasteiger partial charge in [0.1, 0.15) is 0 Å². The lowest BCUT2D eigenvalue weighted by Gasteiger charge is -2.27. The first-order valence-corrected chi connectivity index (χ1v) is 7.67. The van der Waals surface area contributed by atoms with E-state index in [1.807, 2.05) is 0 Å². The summed E-state index contributed by atoms with van der Waals surface area (Å²) in [5, 5.41) is 6.18. The first-order valence-electron chi connectivity index (χ1n) is 7.67. The van der Waals surface area contributed by atoms with Crippen molar-refractivity contribution in [1.29, 1.82) is 0 Å². The van der Waals surface area contributed by atoms with Crippen LogP contribution in [0.5, 0.6) is 0 Å². The van der Waals surface area contributed by atoms with Crippen molar-refractivity contribution in [3.05, 3.63) is 48.0 Å². The van der Waals surface area contributed by atoms with Crippen molar-refractivity contribution in [3.63, 3.8) is 0 Å². The molecule has 1 unspecified atom stereocenters. The first kappa shape index (κ1) is 15.0. The van der Waals surface area contributed by atoms with Crippen molar-refractivity contribution in [1.82, 2.24) is 10.2 Å². The molecule has 0 aliphatic rings. The molecule has 1 N–H and O–H groups in total. The lowest BCUT2D eigenvalue weighted by molar-refractivity contribution is 0.259. The molecule has 0 bridgehead atoms. The number of fused-ring (bicyclic) bond motifs is 1. The SMILES string of the molecule is CCCN(CC)CC(NC)c1cccc2ccccc12. The molecule has 0 amide bonds. The number of hydrogen-bond acceptors (Lipinski definition) is 2. The Labute approximate surface area is 122 Å². The molecule has 1 atom stereocenters. The standard InChI is InChI=1S/C18H26N2/c1-4-13-20(5-2)14-18(19-3)17-12-8-10-15-9-6-7-11-16(15)17/h6-12,18-19H,4-5,13-14H2,1-3H3. The Balaban J connectivity index is 2.29. The Hall–Kier alpha value is -1.38. The van der Waals surface area contributed by atoms with Gasteiger partial charge in [-0.3, -0.25) is 0 Å². The van der Waals surface area contributed by atoms with E-state index in [4.69, 9.17) is 0 Å². The van der Waals surface area contributed by atoms with Gasteiger partial charge in [0.25, 0.3) is 0 Å². The maximum absolute atomic E-state index is 3.49. The molecule has 0 saturated heterocycles. The number of nitrogens with zero attached hydrogens (tertiary/aromatic N) is 1. The molecule has 0 radical (unpaired) electrons. The molecule has 2 aromatic rings. The van der Waals surface area contributed by atoms with E-state index in [1.54, 1.807) is 0 Å². The van der Waals surface area contributed by atoms with Crippen LogP contribution in [0.2, 0.25) is 0 Å². The van der Waals surface area contributed by atoms with Gasteiger partial charge in [0.2, 0.25) is 0 Å². The largest absolute Gasteiger partial charge is 0.312 e. The van der Waals surface area contributed by atoms with Gasteiger partial charge in [0.05, 0.1) is 0 Å². The smallest absolute Gasteiger partial charge is 0.0453 e. The summed E-state index contributed by atoms with van der Waals surface area (Å²) >= 11 is 0. The van der Waals surface area contributed by atoms with E-state index in [2.05, 4.69) is 73.6 Å². The van der Waals surface area contributed by atoms with Crippen LogP contribution < -0.4 is 5.32 Å². The highest BCUT2D eigenvalue weighted by Crippen LogP contribution is 2.24. The molecule has 0 aliphatic carbocycles. The minimum Gasteiger partial charge on any atom is -0.312 e. The molecule has 0 saturated carbocycles. The fraction of sp³-hybridized carbons (Fsp3) is 0.444. The summed E-state index contributed by atoms with van der Waals surface area (Å²) in [5.41, 5.74) is 1.40. The lowest BCUT2D eigenvalue weighted by Crippen LogP contribution is -2.34. The van der Waals surface area contributed by atoms with Crippen LogP contribution in [0.25, 0.3) is 10.8 Å². The highest BCUT2D eigenvalue weighted by atomic mass is 15.1. The average Bonchev–Trinajstić information content (AvgIpc) is 2.51. The van der Waals surface area contributed by atoms with Crippen LogP contribution in [0.3, 0.4) is 0 Å². The Morgan fingerprint density at radius 2 is 1.80 bits per heavy atom. The van der Waals surface area contributed by atoms with Crippen LogP contribution in [-0.2, 0) is 0 Å². The highest BCUT2D eigenvalue weighted by Gasteiger charge is 2.15. The van der Waals surface area contributed by atoms with Gasteiger partial charge in [0.15, 0.2) is 0 Å². The zero-order valence-electron chi connectivity index (χ0n) is 12.9. The molecular weight excluding hydrogens is 244 g/mol. The van der Waals surface area contributed by atoms with Crippen LogP contribution in [0.4, 0.5) is 0 Å². The average molecular weight is 270 g/mol. The lowest BCUT2D eigenvalue weighted by atomic mass is 9.98. The molecule has 0 heterocycles. The van der Waals surface area contributed by atoms with Gasteiger partial charge in [-0.1, -0.05) is 56.3 Å². The number of likely N-dealkylation sites (N-methyl/N-ethyl adjacent to an activating group) is 2. The topological polar surface area (TPSA) is 15.3 Å². The molecule has 2 nitrogen and oxygen atoms in total. The summed E-state index contributed by atoms with van der Waals surface area (Å²) in [4.78, 5) is 2.52. The predicted molar refractivity (Wildman–Crippen MR) is 88.2 cm³/mol. The second-order valence-corrected chi connectivity index (χ2v) is 5.30. The molecule has 0 spiro atoms. The van der Waals surface area contributed by atoms with Gasteiger partial charge < -0.3 is 10.2 Å². The fourth-order valence-corrected chi connectivity index (χ4v) is 2.85. The fourth-order valence-electron chi connectivity index (χ4n) is 2.85. The van der Waals surface area contributed by atoms with Crippen molar-refractivity contribution in [2.45, 2.75) is 26.3 Å². The Morgan fingerprint density at radius 1 is 1.05 bits per heavy atom. The zero-order chi connectivity index (χ0) is 14.4. The summed E-state index contributed by atoms with van der Waals surface area (Å²) in [7, 11) is 2.06. The summed E-state index contributed by atoms with van der Waals surface area (Å²) < 4.78 is 0. The molecule has 0 aliphatic heterocycles. The van der Waals surface area contributed by atoms with E-state index >= 15 is 0 Å². The third-order valence-electron chi connectivity index (χ3n) is 3.98. The van der Waals surface area contributed by atoms with Gasteiger partial charge in [-0.25, -0.2) is 0 Å². The Morgan fingerprint density at radius 3 is 2.50 bits per heavy atom. The molecule has 0 fully saturated rings. The molecular formula is C18H26N2. The number of rotatable bonds is 7. The molecule has 2 aromatic carbocycles. The van der Waals surface area contributed by atoms with Gasteiger partial charge in [-0.15, -0.1) is 0 Å². The number of nitrogens with one attached hydrogen (secondary N) is 1. The second-order valence-electron chi connectivity index (χ2n) is 5.30. The van der Waals surface area contributed by atoms with Crippen LogP contribution in [-0.4, -0.2) is 31.6 Å². The summed E-state index contributed by atoms with van der Waals surface area (Å²) in [5.74, 6) is 0. The van der Waals surface area contributed by atoms with Crippen molar-refractivity contribution in [2.75, 3.05) is 26.7 Å². The normalized spacial score (nSPS) is 13.0. The predicted octanol–water partition coefficient (Wildman–Crippen LogP) is 3.83. The van der Waals surface area contributed by atoms with Gasteiger partial charge in [0, 0.05) is 12.6 Å². The van der Waals surface area contributed by atoms with Crippen LogP contribution in [0.15, 0.2) is 42.5 Å². The summed E-state index contributed by atoms with van der Waals surface area (Å²) in [6.07, 6.45) is 1.21. The minimum absolute atomic E-state index is 0.382. The molecule has 0 aromatic heterocycles. The summed E-state index contributed by atoms with van der Waals surface area (Å²) in [6, 6.07) is 15.6. The minimum atomic E-state index is 0.382. The molecule has 20 heavy (non-hydrogen) atoms. The number of benzene rings is 2. The monoisotopic (exact) mass is 270 g/mol. The maximum Gasteiger partial charge on any atom is 0.0453 e. The maximum atomic E-state index is 3.49. The molecule has 108 valence electrons. The van der Waals surface area contributed by atoms with E-state index in [0.29, 0.717) is 6.04 Å². The van der Waals surface area contributed by atoms with E-state index in [9.17, 15) is 0 Å². The van der Waals surface area contributed by atoms with Crippen molar-refractivity contribution in [3.8, 4) is 0 Å². The third-order valence-corrected chi connectivity index (χ3v) is 3.98. The molecule has 2 rings (SSSR count). The second kappa shape index (κ2) is 7.41. The van der Waals surface area contributed by atoms with Crippen molar-refractivity contribution in [2.24, 2.45) is 0 Å². The van der Waals surface area contributed by atoms with Gasteiger partial charge in [-0.2, -0.15) is 0 Å². The third kappa shape index (κ3) is 3.38. The highest BCUT2D eigenvalue weighted by molar-refractivity contribution is 5.86. The van der Waals surface area contributed by atoms with Crippen molar-refractivity contribution < 1.29 is 0 Å². The Kier molecular flexibility index (Phi) is 5.57. The first-order chi connectivity index (χ1) is 9.80. The van der Waals surface area contributed by atoms with Crippen LogP contribution in [0, 0.1) is 0 Å². The van der Waals surface area contributed by atoms with E-state index in [0.717, 1.165) is 13.1 Å². The van der Waals surface area contributed by atoms with Gasteiger partial charge >= 0.3 is 0 Å². The van der Waals surface area contributed by atoms with Gasteiger partial charge in [-0.05, 0) is 42.9 Å². The van der Waals surface area contributed by atoms with Crippen LogP contribution in [0.1, 0.15) is 31.9 Å². The van der Waals surface area contributed by atoms with Crippen LogP contribution >= 0.6 is 0 Å². The van der Waals surface area contributed by atoms with Crippen molar-refractivity contribution >= 4 is 10.8 Å². The number of hydrogen-bond donors (Lipinski definition) is 1. The summed E-state index contributed by atoms with van der Waals surface area (Å²) in [6.45, 7) is 7.82.